The molecule has 0 aromatic rings. The molecule has 1 radical (unpaired) electrons. The maximum Gasteiger partial charge on any atom is -0.0351 e. The Kier molecular flexibility index (Phi) is 9.63. The van der Waals surface area contributed by atoms with E-state index in [1.165, 1.54) is 44.9 Å². The van der Waals surface area contributed by atoms with E-state index < -0.39 is 0 Å². The van der Waals surface area contributed by atoms with Crippen molar-refractivity contribution in [3.8, 4) is 0 Å². The molecule has 77 valence electrons. The third-order valence-electron chi connectivity index (χ3n) is 2.21. The Morgan fingerprint density at radius 2 is 1.69 bits per heavy atom. The zero-order valence-corrected chi connectivity index (χ0v) is 9.39. The lowest BCUT2D eigenvalue weighted by Crippen LogP contribution is -1.86. The Hall–Kier alpha value is -0.260. The van der Waals surface area contributed by atoms with Crippen LogP contribution in [0.3, 0.4) is 0 Å². The van der Waals surface area contributed by atoms with Gasteiger partial charge in [-0.15, -0.1) is 0 Å². The second-order valence-corrected chi connectivity index (χ2v) is 4.00. The summed E-state index contributed by atoms with van der Waals surface area (Å²) in [7, 11) is 0. The van der Waals surface area contributed by atoms with E-state index in [0.29, 0.717) is 5.92 Å². The average molecular weight is 181 g/mol. The van der Waals surface area contributed by atoms with Gasteiger partial charge in [0.25, 0.3) is 0 Å². The van der Waals surface area contributed by atoms with Gasteiger partial charge in [0.15, 0.2) is 0 Å². The van der Waals surface area contributed by atoms with Gasteiger partial charge < -0.3 is 0 Å². The highest BCUT2D eigenvalue weighted by Gasteiger charge is 1.92. The molecule has 0 aliphatic rings. The molecule has 0 heterocycles. The van der Waals surface area contributed by atoms with Crippen molar-refractivity contribution in [3.63, 3.8) is 0 Å². The summed E-state index contributed by atoms with van der Waals surface area (Å²) in [6, 6.07) is 0. The van der Waals surface area contributed by atoms with Crippen molar-refractivity contribution in [2.24, 2.45) is 5.92 Å². The molecule has 0 spiro atoms. The molecule has 0 heteroatoms. The molecule has 0 aromatic carbocycles. The summed E-state index contributed by atoms with van der Waals surface area (Å²) in [4.78, 5) is 0. The number of hydrogen-bond acceptors (Lipinski definition) is 0. The Bertz CT molecular complexity index is 111. The molecule has 0 amide bonds. The SMILES string of the molecule is [CH2]C(C)CCCC/C=C/CCCC. The smallest absolute Gasteiger partial charge is 0.0351 e. The van der Waals surface area contributed by atoms with Crippen molar-refractivity contribution in [2.45, 2.75) is 58.8 Å². The number of unbranched alkanes of at least 4 members (excludes halogenated alkanes) is 4. The van der Waals surface area contributed by atoms with Gasteiger partial charge in [-0.25, -0.2) is 0 Å². The predicted octanol–water partition coefficient (Wildman–Crippen LogP) is 4.76. The van der Waals surface area contributed by atoms with E-state index >= 15 is 0 Å². The standard InChI is InChI=1S/C13H25/c1-4-5-6-7-8-9-10-11-12-13(2)3/h7-8,13H,2,4-6,9-12H2,1,3H3/b8-7+. The summed E-state index contributed by atoms with van der Waals surface area (Å²) in [6.07, 6.45) is 13.8. The van der Waals surface area contributed by atoms with Gasteiger partial charge in [0.05, 0.1) is 0 Å². The van der Waals surface area contributed by atoms with Crippen LogP contribution in [-0.4, -0.2) is 0 Å². The first kappa shape index (κ1) is 12.7. The van der Waals surface area contributed by atoms with Crippen LogP contribution in [0.1, 0.15) is 58.8 Å². The highest BCUT2D eigenvalue weighted by molar-refractivity contribution is 4.81. The Morgan fingerprint density at radius 1 is 1.08 bits per heavy atom. The van der Waals surface area contributed by atoms with Gasteiger partial charge in [0, 0.05) is 0 Å². The first-order chi connectivity index (χ1) is 6.27. The highest BCUT2D eigenvalue weighted by Crippen LogP contribution is 2.08. The fourth-order valence-corrected chi connectivity index (χ4v) is 1.31. The molecule has 0 nitrogen and oxygen atoms in total. The normalized spacial score (nSPS) is 11.7. The zero-order valence-electron chi connectivity index (χ0n) is 9.39. The zero-order chi connectivity index (χ0) is 9.94. The molecule has 0 bridgehead atoms. The minimum Gasteiger partial charge on any atom is -0.0885 e. The molecule has 1 unspecified atom stereocenters. The van der Waals surface area contributed by atoms with Gasteiger partial charge in [-0.3, -0.25) is 0 Å². The van der Waals surface area contributed by atoms with E-state index in [2.05, 4.69) is 32.9 Å². The average Bonchev–Trinajstić information content (AvgIpc) is 2.09. The topological polar surface area (TPSA) is 0 Å². The number of allylic oxidation sites excluding steroid dienone is 2. The van der Waals surface area contributed by atoms with Crippen molar-refractivity contribution in [1.82, 2.24) is 0 Å². The summed E-state index contributed by atoms with van der Waals surface area (Å²) < 4.78 is 0. The molecule has 0 rings (SSSR count). The molecular formula is C13H25. The number of hydrogen-bond donors (Lipinski definition) is 0. The monoisotopic (exact) mass is 181 g/mol. The van der Waals surface area contributed by atoms with E-state index in [1.807, 2.05) is 0 Å². The molecule has 0 saturated heterocycles. The van der Waals surface area contributed by atoms with E-state index in [0.717, 1.165) is 0 Å². The third-order valence-corrected chi connectivity index (χ3v) is 2.21. The van der Waals surface area contributed by atoms with Crippen molar-refractivity contribution in [3.05, 3.63) is 19.1 Å². The lowest BCUT2D eigenvalue weighted by atomic mass is 10.1. The summed E-state index contributed by atoms with van der Waals surface area (Å²) in [6.45, 7) is 8.41. The van der Waals surface area contributed by atoms with E-state index in [9.17, 15) is 0 Å². The molecule has 0 fully saturated rings. The van der Waals surface area contributed by atoms with Crippen LogP contribution >= 0.6 is 0 Å². The van der Waals surface area contributed by atoms with E-state index in [1.54, 1.807) is 0 Å². The Balaban J connectivity index is 3.02. The van der Waals surface area contributed by atoms with Gasteiger partial charge in [0.2, 0.25) is 0 Å². The predicted molar refractivity (Wildman–Crippen MR) is 61.7 cm³/mol. The molecule has 0 N–H and O–H groups in total. The fourth-order valence-electron chi connectivity index (χ4n) is 1.31. The van der Waals surface area contributed by atoms with Crippen LogP contribution in [0.25, 0.3) is 0 Å². The van der Waals surface area contributed by atoms with Crippen molar-refractivity contribution in [1.29, 1.82) is 0 Å². The fraction of sp³-hybridized carbons (Fsp3) is 0.769. The van der Waals surface area contributed by atoms with Gasteiger partial charge in [0.1, 0.15) is 0 Å². The minimum absolute atomic E-state index is 0.629. The van der Waals surface area contributed by atoms with Crippen LogP contribution in [0.5, 0.6) is 0 Å². The summed E-state index contributed by atoms with van der Waals surface area (Å²) >= 11 is 0. The summed E-state index contributed by atoms with van der Waals surface area (Å²) in [5.74, 6) is 0.629. The number of rotatable bonds is 8. The van der Waals surface area contributed by atoms with Crippen LogP contribution in [0.4, 0.5) is 0 Å². The molecule has 0 aromatic heterocycles. The largest absolute Gasteiger partial charge is 0.0885 e. The molecule has 13 heavy (non-hydrogen) atoms. The Labute approximate surface area is 84.4 Å². The minimum atomic E-state index is 0.629. The summed E-state index contributed by atoms with van der Waals surface area (Å²) in [5.41, 5.74) is 0. The molecule has 1 atom stereocenters. The van der Waals surface area contributed by atoms with Gasteiger partial charge in [-0.1, -0.05) is 58.6 Å². The maximum absolute atomic E-state index is 3.98. The van der Waals surface area contributed by atoms with E-state index in [-0.39, 0.29) is 0 Å². The van der Waals surface area contributed by atoms with Crippen LogP contribution in [0.2, 0.25) is 0 Å². The lowest BCUT2D eigenvalue weighted by molar-refractivity contribution is 0.581. The van der Waals surface area contributed by atoms with Crippen LogP contribution in [0, 0.1) is 12.8 Å². The summed E-state index contributed by atoms with van der Waals surface area (Å²) in [5, 5.41) is 0. The quantitative estimate of drug-likeness (QED) is 0.374. The second-order valence-electron chi connectivity index (χ2n) is 4.00. The Morgan fingerprint density at radius 3 is 2.23 bits per heavy atom. The van der Waals surface area contributed by atoms with Crippen LogP contribution < -0.4 is 0 Å². The molecule has 0 saturated carbocycles. The molecule has 0 aliphatic heterocycles. The maximum atomic E-state index is 3.98. The van der Waals surface area contributed by atoms with E-state index in [4.69, 9.17) is 0 Å². The van der Waals surface area contributed by atoms with Gasteiger partial charge >= 0.3 is 0 Å². The van der Waals surface area contributed by atoms with Crippen molar-refractivity contribution in [2.75, 3.05) is 0 Å². The van der Waals surface area contributed by atoms with Crippen LogP contribution in [-0.2, 0) is 0 Å². The molecular weight excluding hydrogens is 156 g/mol. The van der Waals surface area contributed by atoms with Crippen LogP contribution in [0.15, 0.2) is 12.2 Å². The second kappa shape index (κ2) is 9.83. The van der Waals surface area contributed by atoms with Crippen molar-refractivity contribution >= 4 is 0 Å². The van der Waals surface area contributed by atoms with Gasteiger partial charge in [-0.2, -0.15) is 0 Å². The van der Waals surface area contributed by atoms with Gasteiger partial charge in [-0.05, 0) is 25.2 Å². The first-order valence-corrected chi connectivity index (χ1v) is 5.75. The first-order valence-electron chi connectivity index (χ1n) is 5.75. The highest BCUT2D eigenvalue weighted by atomic mass is 14.0. The van der Waals surface area contributed by atoms with Crippen molar-refractivity contribution < 1.29 is 0 Å². The lowest BCUT2D eigenvalue weighted by Gasteiger charge is -2.01. The third kappa shape index (κ3) is 11.7. The molecule has 0 aliphatic carbocycles.